The van der Waals surface area contributed by atoms with Crippen LogP contribution in [0.25, 0.3) is 0 Å². The second-order valence-electron chi connectivity index (χ2n) is 3.63. The average Bonchev–Trinajstić information content (AvgIpc) is 2.32. The third-order valence-corrected chi connectivity index (χ3v) is 3.92. The molecule has 0 radical (unpaired) electrons. The molecule has 1 aromatic carbocycles. The molecule has 0 spiro atoms. The van der Waals surface area contributed by atoms with Crippen molar-refractivity contribution in [2.45, 2.75) is 6.04 Å². The standard InChI is InChI=1S/C11H12BrClN2O3S/c12-6-1-2-9(7(13)3-6)15-10(16)5-19-4-8(14)11(17)18/h1-3,8H,4-5,14H2,(H,15,16)(H,17,18)/t8-/m1/s1. The lowest BCUT2D eigenvalue weighted by Crippen LogP contribution is -2.33. The summed E-state index contributed by atoms with van der Waals surface area (Å²) >= 11 is 10.4. The van der Waals surface area contributed by atoms with Crippen LogP contribution < -0.4 is 11.1 Å². The van der Waals surface area contributed by atoms with E-state index in [1.165, 1.54) is 0 Å². The molecule has 5 nitrogen and oxygen atoms in total. The van der Waals surface area contributed by atoms with Gasteiger partial charge in [0.15, 0.2) is 0 Å². The summed E-state index contributed by atoms with van der Waals surface area (Å²) in [6.07, 6.45) is 0. The lowest BCUT2D eigenvalue weighted by molar-refractivity contribution is -0.137. The van der Waals surface area contributed by atoms with Gasteiger partial charge in [-0.05, 0) is 18.2 Å². The zero-order chi connectivity index (χ0) is 14.4. The Morgan fingerprint density at radius 1 is 1.53 bits per heavy atom. The Bertz CT molecular complexity index is 487. The van der Waals surface area contributed by atoms with Gasteiger partial charge in [0.05, 0.1) is 16.5 Å². The number of carboxylic acids is 1. The topological polar surface area (TPSA) is 92.4 Å². The highest BCUT2D eigenvalue weighted by Gasteiger charge is 2.12. The summed E-state index contributed by atoms with van der Waals surface area (Å²) in [7, 11) is 0. The first-order chi connectivity index (χ1) is 8.90. The fraction of sp³-hybridized carbons (Fsp3) is 0.273. The number of thioether (sulfide) groups is 1. The maximum atomic E-state index is 11.6. The van der Waals surface area contributed by atoms with Crippen LogP contribution in [0.1, 0.15) is 0 Å². The number of hydrogen-bond donors (Lipinski definition) is 3. The maximum absolute atomic E-state index is 11.6. The van der Waals surface area contributed by atoms with Gasteiger partial charge in [-0.2, -0.15) is 0 Å². The summed E-state index contributed by atoms with van der Waals surface area (Å²) in [5.41, 5.74) is 5.83. The van der Waals surface area contributed by atoms with Crippen LogP contribution in [0.5, 0.6) is 0 Å². The second kappa shape index (κ2) is 7.74. The van der Waals surface area contributed by atoms with Gasteiger partial charge in [0.1, 0.15) is 6.04 Å². The minimum Gasteiger partial charge on any atom is -0.480 e. The minimum atomic E-state index is -1.08. The van der Waals surface area contributed by atoms with Gasteiger partial charge in [0.25, 0.3) is 0 Å². The van der Waals surface area contributed by atoms with Crippen molar-refractivity contribution in [1.29, 1.82) is 0 Å². The van der Waals surface area contributed by atoms with Crippen LogP contribution >= 0.6 is 39.3 Å². The maximum Gasteiger partial charge on any atom is 0.321 e. The summed E-state index contributed by atoms with van der Waals surface area (Å²) in [5, 5.41) is 11.6. The van der Waals surface area contributed by atoms with E-state index in [-0.39, 0.29) is 17.4 Å². The van der Waals surface area contributed by atoms with Gasteiger partial charge < -0.3 is 16.2 Å². The van der Waals surface area contributed by atoms with Crippen molar-refractivity contribution in [3.8, 4) is 0 Å². The van der Waals surface area contributed by atoms with E-state index in [2.05, 4.69) is 21.2 Å². The Hall–Kier alpha value is -0.760. The molecule has 4 N–H and O–H groups in total. The summed E-state index contributed by atoms with van der Waals surface area (Å²) in [5.74, 6) is -1.04. The molecule has 0 aliphatic heterocycles. The number of halogens is 2. The van der Waals surface area contributed by atoms with Crippen molar-refractivity contribution in [1.82, 2.24) is 0 Å². The average molecular weight is 368 g/mol. The number of rotatable bonds is 6. The fourth-order valence-electron chi connectivity index (χ4n) is 1.13. The Kier molecular flexibility index (Phi) is 6.64. The predicted octanol–water partition coefficient (Wildman–Crippen LogP) is 2.19. The van der Waals surface area contributed by atoms with Crippen LogP contribution in [0.2, 0.25) is 5.02 Å². The largest absolute Gasteiger partial charge is 0.480 e. The number of carboxylic acid groups (broad SMARTS) is 1. The third kappa shape index (κ3) is 5.82. The fourth-order valence-corrected chi connectivity index (χ4v) is 2.62. The minimum absolute atomic E-state index is 0.118. The van der Waals surface area contributed by atoms with Crippen molar-refractivity contribution in [3.05, 3.63) is 27.7 Å². The van der Waals surface area contributed by atoms with Crippen molar-refractivity contribution in [3.63, 3.8) is 0 Å². The summed E-state index contributed by atoms with van der Waals surface area (Å²) in [6, 6.07) is 4.14. The number of aliphatic carboxylic acids is 1. The van der Waals surface area contributed by atoms with Crippen LogP contribution in [-0.2, 0) is 9.59 Å². The van der Waals surface area contributed by atoms with Crippen LogP contribution in [0.4, 0.5) is 5.69 Å². The van der Waals surface area contributed by atoms with E-state index in [4.69, 9.17) is 22.4 Å². The van der Waals surface area contributed by atoms with E-state index >= 15 is 0 Å². The van der Waals surface area contributed by atoms with Gasteiger partial charge in [-0.3, -0.25) is 9.59 Å². The lowest BCUT2D eigenvalue weighted by atomic mass is 10.3. The summed E-state index contributed by atoms with van der Waals surface area (Å²) < 4.78 is 0.817. The molecular formula is C11H12BrClN2O3S. The second-order valence-corrected chi connectivity index (χ2v) is 5.99. The lowest BCUT2D eigenvalue weighted by Gasteiger charge is -2.08. The van der Waals surface area contributed by atoms with Gasteiger partial charge in [-0.15, -0.1) is 11.8 Å². The molecule has 0 aliphatic rings. The predicted molar refractivity (Wildman–Crippen MR) is 80.7 cm³/mol. The molecule has 19 heavy (non-hydrogen) atoms. The first kappa shape index (κ1) is 16.3. The van der Waals surface area contributed by atoms with Crippen molar-refractivity contribution < 1.29 is 14.7 Å². The molecule has 0 bridgehead atoms. The number of nitrogens with one attached hydrogen (secondary N) is 1. The number of carbonyl (C=O) groups excluding carboxylic acids is 1. The van der Waals surface area contributed by atoms with E-state index in [9.17, 15) is 9.59 Å². The zero-order valence-electron chi connectivity index (χ0n) is 9.73. The normalized spacial score (nSPS) is 11.9. The highest BCUT2D eigenvalue weighted by atomic mass is 79.9. The van der Waals surface area contributed by atoms with Gasteiger partial charge in [0, 0.05) is 10.2 Å². The number of nitrogens with two attached hydrogens (primary N) is 1. The molecule has 8 heteroatoms. The Morgan fingerprint density at radius 3 is 2.79 bits per heavy atom. The van der Waals surface area contributed by atoms with Gasteiger partial charge in [0.2, 0.25) is 5.91 Å². The molecule has 0 heterocycles. The molecule has 1 atom stereocenters. The highest BCUT2D eigenvalue weighted by Crippen LogP contribution is 2.25. The zero-order valence-corrected chi connectivity index (χ0v) is 12.9. The number of anilines is 1. The number of benzene rings is 1. The molecule has 0 unspecified atom stereocenters. The highest BCUT2D eigenvalue weighted by molar-refractivity contribution is 9.10. The van der Waals surface area contributed by atoms with Crippen molar-refractivity contribution in [2.24, 2.45) is 5.73 Å². The van der Waals surface area contributed by atoms with Crippen LogP contribution in [0.15, 0.2) is 22.7 Å². The molecular weight excluding hydrogens is 356 g/mol. The summed E-state index contributed by atoms with van der Waals surface area (Å²) in [6.45, 7) is 0. The van der Waals surface area contributed by atoms with E-state index < -0.39 is 12.0 Å². The van der Waals surface area contributed by atoms with Crippen molar-refractivity contribution in [2.75, 3.05) is 16.8 Å². The van der Waals surface area contributed by atoms with E-state index in [0.29, 0.717) is 10.7 Å². The number of hydrogen-bond acceptors (Lipinski definition) is 4. The molecule has 0 saturated carbocycles. The Morgan fingerprint density at radius 2 is 2.21 bits per heavy atom. The van der Waals surface area contributed by atoms with E-state index in [1.54, 1.807) is 18.2 Å². The SMILES string of the molecule is N[C@H](CSCC(=O)Nc1ccc(Br)cc1Cl)C(=O)O. The van der Waals surface area contributed by atoms with Crippen LogP contribution in [0, 0.1) is 0 Å². The number of amides is 1. The van der Waals surface area contributed by atoms with E-state index in [0.717, 1.165) is 16.2 Å². The molecule has 1 rings (SSSR count). The van der Waals surface area contributed by atoms with Gasteiger partial charge in [-0.25, -0.2) is 0 Å². The monoisotopic (exact) mass is 366 g/mol. The molecule has 0 aliphatic carbocycles. The first-order valence-electron chi connectivity index (χ1n) is 5.21. The number of carbonyl (C=O) groups is 2. The molecule has 1 aromatic rings. The Balaban J connectivity index is 2.41. The molecule has 0 aromatic heterocycles. The van der Waals surface area contributed by atoms with Crippen LogP contribution in [-0.4, -0.2) is 34.5 Å². The molecule has 0 fully saturated rings. The third-order valence-electron chi connectivity index (χ3n) is 2.05. The van der Waals surface area contributed by atoms with Crippen LogP contribution in [0.3, 0.4) is 0 Å². The quantitative estimate of drug-likeness (QED) is 0.717. The van der Waals surface area contributed by atoms with Crippen molar-refractivity contribution >= 4 is 56.9 Å². The first-order valence-corrected chi connectivity index (χ1v) is 7.53. The van der Waals surface area contributed by atoms with Gasteiger partial charge in [-0.1, -0.05) is 27.5 Å². The van der Waals surface area contributed by atoms with E-state index in [1.807, 2.05) is 0 Å². The Labute approximate surface area is 128 Å². The molecule has 1 amide bonds. The smallest absolute Gasteiger partial charge is 0.321 e. The molecule has 0 saturated heterocycles. The molecule has 104 valence electrons. The van der Waals surface area contributed by atoms with Gasteiger partial charge >= 0.3 is 5.97 Å². The summed E-state index contributed by atoms with van der Waals surface area (Å²) in [4.78, 5) is 22.1.